The second-order valence-electron chi connectivity index (χ2n) is 5.26. The fourth-order valence-corrected chi connectivity index (χ4v) is 5.38. The zero-order valence-electron chi connectivity index (χ0n) is 12.5. The van der Waals surface area contributed by atoms with Gasteiger partial charge in [-0.2, -0.15) is 0 Å². The molecule has 1 aromatic rings. The van der Waals surface area contributed by atoms with E-state index in [-0.39, 0.29) is 5.91 Å². The number of carbonyl (C=O) groups is 1. The third-order valence-corrected chi connectivity index (χ3v) is 6.44. The number of methoxy groups -OCH3 is 1. The van der Waals surface area contributed by atoms with E-state index < -0.39 is 0 Å². The Morgan fingerprint density at radius 3 is 3.10 bits per heavy atom. The van der Waals surface area contributed by atoms with Gasteiger partial charge in [0.2, 0.25) is 5.91 Å². The minimum atomic E-state index is 0.109. The van der Waals surface area contributed by atoms with Crippen molar-refractivity contribution in [3.8, 4) is 0 Å². The number of hydrogen-bond donors (Lipinski definition) is 1. The molecule has 0 saturated carbocycles. The summed E-state index contributed by atoms with van der Waals surface area (Å²) in [5.41, 5.74) is 1.93. The van der Waals surface area contributed by atoms with Gasteiger partial charge in [-0.1, -0.05) is 40.1 Å². The van der Waals surface area contributed by atoms with Crippen LogP contribution in [0.1, 0.15) is 37.7 Å². The standard InChI is InChI=1S/C16H23NO2S2/c1-19-12-13-5-4-6-14(11-13)17-16(18)8-3-2-7-15-9-10-20-21-15/h4-6,11,15H,2-3,7-10,12H2,1H3,(H,17,18). The Morgan fingerprint density at radius 1 is 1.43 bits per heavy atom. The molecule has 1 fully saturated rings. The Labute approximate surface area is 135 Å². The van der Waals surface area contributed by atoms with Crippen LogP contribution >= 0.6 is 21.6 Å². The van der Waals surface area contributed by atoms with Crippen LogP contribution in [0.25, 0.3) is 0 Å². The molecule has 1 unspecified atom stereocenters. The third kappa shape index (κ3) is 6.32. The van der Waals surface area contributed by atoms with Crippen molar-refractivity contribution in [1.29, 1.82) is 0 Å². The molecule has 0 aliphatic carbocycles. The van der Waals surface area contributed by atoms with Crippen LogP contribution < -0.4 is 5.32 Å². The highest BCUT2D eigenvalue weighted by atomic mass is 33.1. The number of hydrogen-bond acceptors (Lipinski definition) is 4. The van der Waals surface area contributed by atoms with Gasteiger partial charge in [-0.05, 0) is 37.0 Å². The number of carbonyl (C=O) groups excluding carboxylic acids is 1. The first-order chi connectivity index (χ1) is 10.3. The second kappa shape index (κ2) is 9.38. The summed E-state index contributed by atoms with van der Waals surface area (Å²) >= 11 is 0. The van der Waals surface area contributed by atoms with Gasteiger partial charge in [0.05, 0.1) is 6.61 Å². The highest BCUT2D eigenvalue weighted by molar-refractivity contribution is 8.77. The Morgan fingerprint density at radius 2 is 2.33 bits per heavy atom. The van der Waals surface area contributed by atoms with Crippen LogP contribution in [0.2, 0.25) is 0 Å². The Hall–Kier alpha value is -0.650. The van der Waals surface area contributed by atoms with Gasteiger partial charge >= 0.3 is 0 Å². The fraction of sp³-hybridized carbons (Fsp3) is 0.562. The zero-order chi connectivity index (χ0) is 14.9. The summed E-state index contributed by atoms with van der Waals surface area (Å²) in [4.78, 5) is 11.9. The molecule has 1 atom stereocenters. The predicted molar refractivity (Wildman–Crippen MR) is 92.7 cm³/mol. The van der Waals surface area contributed by atoms with Gasteiger partial charge in [0, 0.05) is 30.2 Å². The lowest BCUT2D eigenvalue weighted by atomic mass is 10.1. The van der Waals surface area contributed by atoms with E-state index in [4.69, 9.17) is 4.74 Å². The van der Waals surface area contributed by atoms with E-state index in [1.807, 2.05) is 45.9 Å². The molecular formula is C16H23NO2S2. The zero-order valence-corrected chi connectivity index (χ0v) is 14.1. The lowest BCUT2D eigenvalue weighted by Crippen LogP contribution is -2.11. The van der Waals surface area contributed by atoms with E-state index in [9.17, 15) is 4.79 Å². The van der Waals surface area contributed by atoms with Crippen LogP contribution in [0.4, 0.5) is 5.69 Å². The molecule has 0 radical (unpaired) electrons. The van der Waals surface area contributed by atoms with Gasteiger partial charge in [0.1, 0.15) is 0 Å². The first-order valence-corrected chi connectivity index (χ1v) is 9.82. The molecule has 0 bridgehead atoms. The molecule has 1 amide bonds. The molecule has 1 saturated heterocycles. The topological polar surface area (TPSA) is 38.3 Å². The van der Waals surface area contributed by atoms with Gasteiger partial charge < -0.3 is 10.1 Å². The average Bonchev–Trinajstić information content (AvgIpc) is 2.98. The van der Waals surface area contributed by atoms with Gasteiger partial charge in [0.15, 0.2) is 0 Å². The summed E-state index contributed by atoms with van der Waals surface area (Å²) in [6.45, 7) is 0.570. The van der Waals surface area contributed by atoms with E-state index >= 15 is 0 Å². The average molecular weight is 325 g/mol. The molecule has 1 N–H and O–H groups in total. The number of ether oxygens (including phenoxy) is 1. The predicted octanol–water partition coefficient (Wildman–Crippen LogP) is 4.49. The monoisotopic (exact) mass is 325 g/mol. The molecule has 2 rings (SSSR count). The summed E-state index contributed by atoms with van der Waals surface area (Å²) in [5, 5.41) is 3.77. The third-order valence-electron chi connectivity index (χ3n) is 3.43. The molecule has 1 aromatic carbocycles. The van der Waals surface area contributed by atoms with Crippen molar-refractivity contribution >= 4 is 33.2 Å². The van der Waals surface area contributed by atoms with E-state index in [1.54, 1.807) is 7.11 Å². The fourth-order valence-electron chi connectivity index (χ4n) is 2.35. The van der Waals surface area contributed by atoms with Gasteiger partial charge in [-0.15, -0.1) is 0 Å². The van der Waals surface area contributed by atoms with Gasteiger partial charge in [0.25, 0.3) is 0 Å². The minimum absolute atomic E-state index is 0.109. The normalized spacial score (nSPS) is 17.9. The van der Waals surface area contributed by atoms with Crippen molar-refractivity contribution in [1.82, 2.24) is 0 Å². The highest BCUT2D eigenvalue weighted by Crippen LogP contribution is 2.39. The SMILES string of the molecule is COCc1cccc(NC(=O)CCCCC2CCSS2)c1. The quantitative estimate of drug-likeness (QED) is 0.565. The number of unbranched alkanes of at least 4 members (excludes halogenated alkanes) is 1. The number of amides is 1. The maximum atomic E-state index is 11.9. The molecule has 5 heteroatoms. The molecule has 0 aromatic heterocycles. The number of rotatable bonds is 8. The Balaban J connectivity index is 1.65. The molecule has 0 spiro atoms. The van der Waals surface area contributed by atoms with E-state index in [1.165, 1.54) is 18.6 Å². The van der Waals surface area contributed by atoms with Crippen molar-refractivity contribution in [3.63, 3.8) is 0 Å². The van der Waals surface area contributed by atoms with Crippen LogP contribution in [0.3, 0.4) is 0 Å². The number of benzene rings is 1. The van der Waals surface area contributed by atoms with Crippen molar-refractivity contribution in [2.75, 3.05) is 18.2 Å². The second-order valence-corrected chi connectivity index (χ2v) is 8.04. The first-order valence-electron chi connectivity index (χ1n) is 7.44. The molecule has 1 aliphatic rings. The van der Waals surface area contributed by atoms with Crippen LogP contribution in [0.5, 0.6) is 0 Å². The summed E-state index contributed by atoms with van der Waals surface area (Å²) in [6.07, 6.45) is 5.31. The number of anilines is 1. The van der Waals surface area contributed by atoms with Crippen LogP contribution in [-0.2, 0) is 16.1 Å². The molecule has 116 valence electrons. The maximum absolute atomic E-state index is 11.9. The molecule has 3 nitrogen and oxygen atoms in total. The lowest BCUT2D eigenvalue weighted by Gasteiger charge is -2.08. The molecule has 21 heavy (non-hydrogen) atoms. The number of nitrogens with one attached hydrogen (secondary N) is 1. The van der Waals surface area contributed by atoms with Crippen molar-refractivity contribution < 1.29 is 9.53 Å². The van der Waals surface area contributed by atoms with E-state index in [0.717, 1.165) is 29.3 Å². The van der Waals surface area contributed by atoms with E-state index in [0.29, 0.717) is 13.0 Å². The van der Waals surface area contributed by atoms with Crippen LogP contribution in [0.15, 0.2) is 24.3 Å². The Kier molecular flexibility index (Phi) is 7.47. The summed E-state index contributed by atoms with van der Waals surface area (Å²) in [7, 11) is 5.67. The maximum Gasteiger partial charge on any atom is 0.224 e. The van der Waals surface area contributed by atoms with Crippen LogP contribution in [-0.4, -0.2) is 24.0 Å². The Bertz CT molecular complexity index is 448. The molecule has 1 aliphatic heterocycles. The van der Waals surface area contributed by atoms with Gasteiger partial charge in [-0.3, -0.25) is 4.79 Å². The lowest BCUT2D eigenvalue weighted by molar-refractivity contribution is -0.116. The summed E-state index contributed by atoms with van der Waals surface area (Å²) in [5.74, 6) is 1.39. The summed E-state index contributed by atoms with van der Waals surface area (Å²) in [6, 6.07) is 7.83. The first kappa shape index (κ1) is 16.7. The van der Waals surface area contributed by atoms with Crippen molar-refractivity contribution in [2.45, 2.75) is 44.0 Å². The van der Waals surface area contributed by atoms with Gasteiger partial charge in [-0.25, -0.2) is 0 Å². The smallest absolute Gasteiger partial charge is 0.224 e. The molecule has 1 heterocycles. The van der Waals surface area contributed by atoms with E-state index in [2.05, 4.69) is 5.32 Å². The van der Waals surface area contributed by atoms with Crippen molar-refractivity contribution in [2.24, 2.45) is 0 Å². The minimum Gasteiger partial charge on any atom is -0.380 e. The molecular weight excluding hydrogens is 302 g/mol. The van der Waals surface area contributed by atoms with Crippen LogP contribution in [0, 0.1) is 0 Å². The summed E-state index contributed by atoms with van der Waals surface area (Å²) < 4.78 is 5.10. The largest absolute Gasteiger partial charge is 0.380 e. The highest BCUT2D eigenvalue weighted by Gasteiger charge is 2.15. The van der Waals surface area contributed by atoms with Crippen molar-refractivity contribution in [3.05, 3.63) is 29.8 Å².